The fraction of sp³-hybridized carbons (Fsp3) is 0.111. The number of aryl methyl sites for hydroxylation is 1. The molecule has 2 heterocycles. The fourth-order valence-corrected chi connectivity index (χ4v) is 3.13. The first-order valence-electron chi connectivity index (χ1n) is 4.04. The summed E-state index contributed by atoms with van der Waals surface area (Å²) in [5, 5.41) is 9.56. The molecule has 0 bridgehead atoms. The van der Waals surface area contributed by atoms with Crippen LogP contribution in [-0.2, 0) is 0 Å². The Bertz CT molecular complexity index is 518. The van der Waals surface area contributed by atoms with Gasteiger partial charge in [0.2, 0.25) is 0 Å². The lowest BCUT2D eigenvalue weighted by Gasteiger charge is -1.86. The lowest BCUT2D eigenvalue weighted by atomic mass is 10.4. The van der Waals surface area contributed by atoms with E-state index < -0.39 is 5.97 Å². The topological polar surface area (TPSA) is 50.2 Å². The van der Waals surface area contributed by atoms with Crippen molar-refractivity contribution in [2.45, 2.75) is 6.92 Å². The van der Waals surface area contributed by atoms with Gasteiger partial charge in [-0.2, -0.15) is 0 Å². The van der Waals surface area contributed by atoms with Crippen molar-refractivity contribution in [1.82, 2.24) is 4.98 Å². The second-order valence-corrected chi connectivity index (χ2v) is 5.75. The molecule has 2 rings (SSSR count). The predicted molar refractivity (Wildman–Crippen MR) is 62.1 cm³/mol. The van der Waals surface area contributed by atoms with Crippen molar-refractivity contribution in [3.63, 3.8) is 0 Å². The Morgan fingerprint density at radius 2 is 2.20 bits per heavy atom. The van der Waals surface area contributed by atoms with Gasteiger partial charge in [-0.25, -0.2) is 9.78 Å². The second kappa shape index (κ2) is 3.92. The third kappa shape index (κ3) is 2.04. The van der Waals surface area contributed by atoms with Gasteiger partial charge in [0.15, 0.2) is 5.69 Å². The zero-order valence-electron chi connectivity index (χ0n) is 7.65. The van der Waals surface area contributed by atoms with Crippen molar-refractivity contribution in [1.29, 1.82) is 0 Å². The molecule has 0 aliphatic rings. The van der Waals surface area contributed by atoms with E-state index in [1.165, 1.54) is 22.7 Å². The Hall–Kier alpha value is -0.910. The average molecular weight is 260 g/mol. The van der Waals surface area contributed by atoms with Crippen LogP contribution < -0.4 is 0 Å². The number of rotatable bonds is 2. The SMILES string of the molecule is Cc1sc(-c2ccc(Cl)s2)nc1C(=O)O. The highest BCUT2D eigenvalue weighted by Crippen LogP contribution is 2.34. The molecule has 0 aliphatic carbocycles. The molecule has 0 amide bonds. The van der Waals surface area contributed by atoms with Crippen LogP contribution in [0.25, 0.3) is 9.88 Å². The summed E-state index contributed by atoms with van der Waals surface area (Å²) in [6, 6.07) is 3.62. The molecule has 1 N–H and O–H groups in total. The zero-order valence-corrected chi connectivity index (χ0v) is 10.0. The van der Waals surface area contributed by atoms with Crippen LogP contribution in [0, 0.1) is 6.92 Å². The molecule has 78 valence electrons. The molecule has 6 heteroatoms. The van der Waals surface area contributed by atoms with Crippen molar-refractivity contribution in [3.8, 4) is 9.88 Å². The van der Waals surface area contributed by atoms with Gasteiger partial charge in [-0.1, -0.05) is 11.6 Å². The Labute approximate surface area is 99.0 Å². The molecule has 0 saturated carbocycles. The van der Waals surface area contributed by atoms with Gasteiger partial charge >= 0.3 is 5.97 Å². The van der Waals surface area contributed by atoms with Gasteiger partial charge in [0.25, 0.3) is 0 Å². The van der Waals surface area contributed by atoms with Gasteiger partial charge in [0.05, 0.1) is 9.21 Å². The Morgan fingerprint density at radius 3 is 2.67 bits per heavy atom. The maximum absolute atomic E-state index is 10.8. The second-order valence-electron chi connectivity index (χ2n) is 2.83. The lowest BCUT2D eigenvalue weighted by molar-refractivity contribution is 0.0690. The van der Waals surface area contributed by atoms with E-state index in [0.717, 1.165) is 4.88 Å². The van der Waals surface area contributed by atoms with Gasteiger partial charge in [0.1, 0.15) is 5.01 Å². The molecular weight excluding hydrogens is 254 g/mol. The average Bonchev–Trinajstić information content (AvgIpc) is 2.71. The summed E-state index contributed by atoms with van der Waals surface area (Å²) >= 11 is 8.56. The summed E-state index contributed by atoms with van der Waals surface area (Å²) in [7, 11) is 0. The first-order chi connectivity index (χ1) is 7.08. The van der Waals surface area contributed by atoms with Gasteiger partial charge in [-0.05, 0) is 19.1 Å². The number of nitrogens with zero attached hydrogens (tertiary/aromatic N) is 1. The van der Waals surface area contributed by atoms with E-state index in [4.69, 9.17) is 16.7 Å². The van der Waals surface area contributed by atoms with Crippen LogP contribution in [0.1, 0.15) is 15.4 Å². The molecule has 0 aliphatic heterocycles. The van der Waals surface area contributed by atoms with Crippen molar-refractivity contribution in [3.05, 3.63) is 27.0 Å². The van der Waals surface area contributed by atoms with Gasteiger partial charge < -0.3 is 5.11 Å². The van der Waals surface area contributed by atoms with Crippen molar-refractivity contribution >= 4 is 40.2 Å². The third-order valence-corrected chi connectivity index (χ3v) is 4.15. The fourth-order valence-electron chi connectivity index (χ4n) is 1.13. The summed E-state index contributed by atoms with van der Waals surface area (Å²) in [6.07, 6.45) is 0. The van der Waals surface area contributed by atoms with E-state index in [9.17, 15) is 4.79 Å². The summed E-state index contributed by atoms with van der Waals surface area (Å²) in [6.45, 7) is 1.75. The molecular formula is C9H6ClNO2S2. The van der Waals surface area contributed by atoms with E-state index in [1.807, 2.05) is 6.07 Å². The number of carboxylic acids is 1. The Balaban J connectivity index is 2.46. The van der Waals surface area contributed by atoms with E-state index in [0.29, 0.717) is 14.2 Å². The van der Waals surface area contributed by atoms with E-state index in [1.54, 1.807) is 13.0 Å². The number of aromatic nitrogens is 1. The highest BCUT2D eigenvalue weighted by Gasteiger charge is 2.15. The molecule has 2 aromatic heterocycles. The Morgan fingerprint density at radius 1 is 1.47 bits per heavy atom. The maximum Gasteiger partial charge on any atom is 0.355 e. The van der Waals surface area contributed by atoms with Crippen molar-refractivity contribution < 1.29 is 9.90 Å². The van der Waals surface area contributed by atoms with Gasteiger partial charge in [-0.3, -0.25) is 0 Å². The molecule has 0 saturated heterocycles. The van der Waals surface area contributed by atoms with Crippen LogP contribution in [0.4, 0.5) is 0 Å². The molecule has 0 aromatic carbocycles. The lowest BCUT2D eigenvalue weighted by Crippen LogP contribution is -1.98. The monoisotopic (exact) mass is 259 g/mol. The zero-order chi connectivity index (χ0) is 11.0. The largest absolute Gasteiger partial charge is 0.476 e. The van der Waals surface area contributed by atoms with Crippen LogP contribution in [-0.4, -0.2) is 16.1 Å². The molecule has 3 nitrogen and oxygen atoms in total. The minimum absolute atomic E-state index is 0.125. The van der Waals surface area contributed by atoms with Gasteiger partial charge in [-0.15, -0.1) is 22.7 Å². The van der Waals surface area contributed by atoms with Crippen molar-refractivity contribution in [2.75, 3.05) is 0 Å². The smallest absolute Gasteiger partial charge is 0.355 e. The highest BCUT2D eigenvalue weighted by molar-refractivity contribution is 7.23. The molecule has 2 aromatic rings. The van der Waals surface area contributed by atoms with Crippen LogP contribution in [0.5, 0.6) is 0 Å². The van der Waals surface area contributed by atoms with Gasteiger partial charge in [0, 0.05) is 4.88 Å². The first-order valence-corrected chi connectivity index (χ1v) is 6.05. The molecule has 0 radical (unpaired) electrons. The van der Waals surface area contributed by atoms with Crippen LogP contribution in [0.15, 0.2) is 12.1 Å². The summed E-state index contributed by atoms with van der Waals surface area (Å²) in [4.78, 5) is 16.5. The third-order valence-electron chi connectivity index (χ3n) is 1.78. The van der Waals surface area contributed by atoms with Crippen LogP contribution in [0.2, 0.25) is 4.34 Å². The van der Waals surface area contributed by atoms with E-state index in [2.05, 4.69) is 4.98 Å². The maximum atomic E-state index is 10.8. The molecule has 15 heavy (non-hydrogen) atoms. The highest BCUT2D eigenvalue weighted by atomic mass is 35.5. The number of carboxylic acid groups (broad SMARTS) is 1. The molecule has 0 spiro atoms. The van der Waals surface area contributed by atoms with Crippen molar-refractivity contribution in [2.24, 2.45) is 0 Å². The number of halogens is 1. The normalized spacial score (nSPS) is 10.5. The number of thiophene rings is 1. The number of thiazole rings is 1. The number of aromatic carboxylic acids is 1. The number of hydrogen-bond donors (Lipinski definition) is 1. The minimum atomic E-state index is -0.988. The summed E-state index contributed by atoms with van der Waals surface area (Å²) in [5.41, 5.74) is 0.125. The minimum Gasteiger partial charge on any atom is -0.476 e. The first kappa shape index (κ1) is 10.6. The summed E-state index contributed by atoms with van der Waals surface area (Å²) < 4.78 is 0.676. The molecule has 0 fully saturated rings. The predicted octanol–water partition coefficient (Wildman–Crippen LogP) is 3.53. The van der Waals surface area contributed by atoms with E-state index in [-0.39, 0.29) is 5.69 Å². The Kier molecular flexibility index (Phi) is 2.77. The van der Waals surface area contributed by atoms with Crippen LogP contribution in [0.3, 0.4) is 0 Å². The number of carbonyl (C=O) groups is 1. The van der Waals surface area contributed by atoms with Crippen LogP contribution >= 0.6 is 34.3 Å². The standard InChI is InChI=1S/C9H6ClNO2S2/c1-4-7(9(12)13)11-8(14-4)5-2-3-6(10)15-5/h2-3H,1H3,(H,12,13). The van der Waals surface area contributed by atoms with E-state index >= 15 is 0 Å². The summed E-state index contributed by atoms with van der Waals surface area (Å²) in [5.74, 6) is -0.988. The molecule has 0 atom stereocenters. The quantitative estimate of drug-likeness (QED) is 0.898. The number of hydrogen-bond acceptors (Lipinski definition) is 4. The molecule has 0 unspecified atom stereocenters.